The number of piperidine rings is 1. The molecular formula is C24H30N4O2S. The van der Waals surface area contributed by atoms with E-state index in [-0.39, 0.29) is 5.91 Å². The Kier molecular flexibility index (Phi) is 7.48. The summed E-state index contributed by atoms with van der Waals surface area (Å²) in [5, 5.41) is 9.08. The number of rotatable bonds is 9. The number of nitrogens with one attached hydrogen (secondary N) is 1. The molecule has 0 radical (unpaired) electrons. The Labute approximate surface area is 187 Å². The molecule has 0 aliphatic carbocycles. The number of hydrogen-bond donors (Lipinski definition) is 1. The number of thiophene rings is 1. The van der Waals surface area contributed by atoms with Crippen LogP contribution in [0.25, 0.3) is 10.7 Å². The second kappa shape index (κ2) is 10.7. The SMILES string of the molecule is CC1CCN(Cc2ccccc2CNC(=O)CCCc2nc(-c3cccs3)no2)CC1. The number of hydrogen-bond acceptors (Lipinski definition) is 6. The number of carbonyl (C=O) groups is 1. The van der Waals surface area contributed by atoms with Crippen LogP contribution in [-0.2, 0) is 24.3 Å². The van der Waals surface area contributed by atoms with Crippen molar-refractivity contribution in [3.63, 3.8) is 0 Å². The van der Waals surface area contributed by atoms with E-state index in [9.17, 15) is 4.79 Å². The Morgan fingerprint density at radius 3 is 2.77 bits per heavy atom. The van der Waals surface area contributed by atoms with Crippen LogP contribution in [0.1, 0.15) is 49.6 Å². The molecule has 7 heteroatoms. The highest BCUT2D eigenvalue weighted by atomic mass is 32.1. The van der Waals surface area contributed by atoms with Gasteiger partial charge in [0.25, 0.3) is 0 Å². The summed E-state index contributed by atoms with van der Waals surface area (Å²) in [5.41, 5.74) is 2.51. The molecule has 3 heterocycles. The minimum Gasteiger partial charge on any atom is -0.352 e. The fourth-order valence-electron chi connectivity index (χ4n) is 3.89. The lowest BCUT2D eigenvalue weighted by Crippen LogP contribution is -2.33. The molecule has 0 unspecified atom stereocenters. The van der Waals surface area contributed by atoms with Crippen LogP contribution < -0.4 is 5.32 Å². The van der Waals surface area contributed by atoms with Crippen LogP contribution >= 0.6 is 11.3 Å². The van der Waals surface area contributed by atoms with Gasteiger partial charge >= 0.3 is 0 Å². The second-order valence-corrected chi connectivity index (χ2v) is 9.29. The van der Waals surface area contributed by atoms with Gasteiger partial charge in [-0.15, -0.1) is 11.3 Å². The van der Waals surface area contributed by atoms with Crippen molar-refractivity contribution in [2.24, 2.45) is 5.92 Å². The van der Waals surface area contributed by atoms with Gasteiger partial charge in [0, 0.05) is 25.9 Å². The summed E-state index contributed by atoms with van der Waals surface area (Å²) in [6.45, 7) is 6.18. The number of aryl methyl sites for hydroxylation is 1. The van der Waals surface area contributed by atoms with Crippen molar-refractivity contribution in [2.75, 3.05) is 13.1 Å². The van der Waals surface area contributed by atoms with E-state index in [1.165, 1.54) is 24.0 Å². The number of amides is 1. The summed E-state index contributed by atoms with van der Waals surface area (Å²) in [6.07, 6.45) is 4.28. The second-order valence-electron chi connectivity index (χ2n) is 8.35. The number of carbonyl (C=O) groups excluding carboxylic acids is 1. The number of benzene rings is 1. The molecule has 2 aromatic heterocycles. The summed E-state index contributed by atoms with van der Waals surface area (Å²) < 4.78 is 5.30. The molecular weight excluding hydrogens is 408 g/mol. The molecule has 1 N–H and O–H groups in total. The first-order valence-corrected chi connectivity index (χ1v) is 12.0. The van der Waals surface area contributed by atoms with Gasteiger partial charge in [-0.05, 0) is 60.8 Å². The van der Waals surface area contributed by atoms with Crippen LogP contribution in [0, 0.1) is 5.92 Å². The number of aromatic nitrogens is 2. The zero-order valence-electron chi connectivity index (χ0n) is 18.0. The highest BCUT2D eigenvalue weighted by Gasteiger charge is 2.17. The molecule has 1 aliphatic heterocycles. The Morgan fingerprint density at radius 2 is 2.00 bits per heavy atom. The monoisotopic (exact) mass is 438 g/mol. The molecule has 0 spiro atoms. The van der Waals surface area contributed by atoms with Crippen molar-refractivity contribution in [3.8, 4) is 10.7 Å². The summed E-state index contributed by atoms with van der Waals surface area (Å²) in [6, 6.07) is 12.4. The molecule has 1 fully saturated rings. The van der Waals surface area contributed by atoms with E-state index in [0.29, 0.717) is 37.5 Å². The van der Waals surface area contributed by atoms with Gasteiger partial charge in [0.05, 0.1) is 4.88 Å². The third-order valence-corrected chi connectivity index (χ3v) is 6.73. The van der Waals surface area contributed by atoms with Gasteiger partial charge in [-0.25, -0.2) is 0 Å². The van der Waals surface area contributed by atoms with E-state index in [1.54, 1.807) is 11.3 Å². The third-order valence-electron chi connectivity index (χ3n) is 5.87. The molecule has 1 amide bonds. The molecule has 3 aromatic rings. The van der Waals surface area contributed by atoms with Crippen molar-refractivity contribution in [2.45, 2.75) is 52.1 Å². The van der Waals surface area contributed by atoms with Gasteiger partial charge in [0.2, 0.25) is 17.6 Å². The number of likely N-dealkylation sites (tertiary alicyclic amines) is 1. The van der Waals surface area contributed by atoms with Gasteiger partial charge in [0.1, 0.15) is 0 Å². The topological polar surface area (TPSA) is 71.3 Å². The fourth-order valence-corrected chi connectivity index (χ4v) is 4.54. The molecule has 4 rings (SSSR count). The molecule has 31 heavy (non-hydrogen) atoms. The lowest BCUT2D eigenvalue weighted by molar-refractivity contribution is -0.121. The van der Waals surface area contributed by atoms with E-state index in [1.807, 2.05) is 23.6 Å². The Bertz CT molecular complexity index is 962. The lowest BCUT2D eigenvalue weighted by atomic mass is 9.98. The smallest absolute Gasteiger partial charge is 0.226 e. The molecule has 164 valence electrons. The maximum absolute atomic E-state index is 12.3. The third kappa shape index (κ3) is 6.24. The van der Waals surface area contributed by atoms with Crippen molar-refractivity contribution < 1.29 is 9.32 Å². The van der Waals surface area contributed by atoms with Crippen molar-refractivity contribution in [1.82, 2.24) is 20.4 Å². The summed E-state index contributed by atoms with van der Waals surface area (Å²) in [4.78, 5) is 20.3. The fraction of sp³-hybridized carbons (Fsp3) is 0.458. The predicted molar refractivity (Wildman–Crippen MR) is 123 cm³/mol. The highest BCUT2D eigenvalue weighted by molar-refractivity contribution is 7.13. The molecule has 1 saturated heterocycles. The standard InChI is InChI=1S/C24H30N4O2S/c1-18-11-13-28(14-12-18)17-20-7-3-2-6-19(20)16-25-22(29)9-4-10-23-26-24(27-30-23)21-8-5-15-31-21/h2-3,5-8,15,18H,4,9-14,16-17H2,1H3,(H,25,29). The van der Waals surface area contributed by atoms with Crippen LogP contribution in [0.3, 0.4) is 0 Å². The maximum atomic E-state index is 12.3. The highest BCUT2D eigenvalue weighted by Crippen LogP contribution is 2.22. The first-order chi connectivity index (χ1) is 15.2. The van der Waals surface area contributed by atoms with E-state index in [2.05, 4.69) is 45.5 Å². The Balaban J connectivity index is 1.21. The molecule has 1 aromatic carbocycles. The van der Waals surface area contributed by atoms with Crippen molar-refractivity contribution in [3.05, 3.63) is 58.8 Å². The summed E-state index contributed by atoms with van der Waals surface area (Å²) in [7, 11) is 0. The zero-order valence-corrected chi connectivity index (χ0v) is 18.9. The number of nitrogens with zero attached hydrogens (tertiary/aromatic N) is 3. The van der Waals surface area contributed by atoms with Crippen molar-refractivity contribution >= 4 is 17.2 Å². The normalized spacial score (nSPS) is 15.3. The molecule has 1 aliphatic rings. The Morgan fingerprint density at radius 1 is 1.19 bits per heavy atom. The van der Waals surface area contributed by atoms with Gasteiger partial charge < -0.3 is 9.84 Å². The van der Waals surface area contributed by atoms with E-state index >= 15 is 0 Å². The van der Waals surface area contributed by atoms with Crippen LogP contribution in [0.15, 0.2) is 46.3 Å². The van der Waals surface area contributed by atoms with Gasteiger partial charge in [-0.2, -0.15) is 4.98 Å². The average Bonchev–Trinajstić information content (AvgIpc) is 3.47. The van der Waals surface area contributed by atoms with E-state index in [0.717, 1.165) is 30.4 Å². The van der Waals surface area contributed by atoms with Crippen LogP contribution in [0.5, 0.6) is 0 Å². The van der Waals surface area contributed by atoms with Gasteiger partial charge in [-0.3, -0.25) is 9.69 Å². The van der Waals surface area contributed by atoms with E-state index in [4.69, 9.17) is 4.52 Å². The molecule has 0 atom stereocenters. The van der Waals surface area contributed by atoms with Crippen molar-refractivity contribution in [1.29, 1.82) is 0 Å². The zero-order chi connectivity index (χ0) is 21.5. The minimum absolute atomic E-state index is 0.0552. The maximum Gasteiger partial charge on any atom is 0.226 e. The molecule has 6 nitrogen and oxygen atoms in total. The van der Waals surface area contributed by atoms with Gasteiger partial charge in [-0.1, -0.05) is 42.4 Å². The summed E-state index contributed by atoms with van der Waals surface area (Å²) >= 11 is 1.58. The predicted octanol–water partition coefficient (Wildman–Crippen LogP) is 4.67. The van der Waals surface area contributed by atoms with E-state index < -0.39 is 0 Å². The average molecular weight is 439 g/mol. The first-order valence-electron chi connectivity index (χ1n) is 11.1. The van der Waals surface area contributed by atoms with Gasteiger partial charge in [0.15, 0.2) is 0 Å². The Hall–Kier alpha value is -2.51. The summed E-state index contributed by atoms with van der Waals surface area (Å²) in [5.74, 6) is 2.09. The van der Waals surface area contributed by atoms with Crippen LogP contribution in [0.2, 0.25) is 0 Å². The van der Waals surface area contributed by atoms with Crippen LogP contribution in [-0.4, -0.2) is 34.0 Å². The molecule has 0 saturated carbocycles. The largest absolute Gasteiger partial charge is 0.352 e. The van der Waals surface area contributed by atoms with Crippen LogP contribution in [0.4, 0.5) is 0 Å². The first kappa shape index (κ1) is 21.7. The molecule has 0 bridgehead atoms. The lowest BCUT2D eigenvalue weighted by Gasteiger charge is -2.30. The quantitative estimate of drug-likeness (QED) is 0.526. The minimum atomic E-state index is 0.0552.